The Bertz CT molecular complexity index is 455. The van der Waals surface area contributed by atoms with Crippen LogP contribution in [0.4, 0.5) is 0 Å². The summed E-state index contributed by atoms with van der Waals surface area (Å²) >= 11 is 0. The van der Waals surface area contributed by atoms with Gasteiger partial charge >= 0.3 is 0 Å². The average Bonchev–Trinajstić information content (AvgIpc) is 2.49. The Morgan fingerprint density at radius 3 is 2.87 bits per heavy atom. The van der Waals surface area contributed by atoms with E-state index in [2.05, 4.69) is 5.32 Å². The van der Waals surface area contributed by atoms with Crippen molar-refractivity contribution in [3.8, 4) is 0 Å². The van der Waals surface area contributed by atoms with Crippen LogP contribution in [0.15, 0.2) is 29.2 Å². The summed E-state index contributed by atoms with van der Waals surface area (Å²) < 4.78 is 23.4. The van der Waals surface area contributed by atoms with Crippen molar-refractivity contribution in [2.75, 3.05) is 18.9 Å². The predicted octanol–water partition coefficient (Wildman–Crippen LogP) is 0.0969. The van der Waals surface area contributed by atoms with Crippen LogP contribution in [0.3, 0.4) is 0 Å². The molecule has 2 rings (SSSR count). The summed E-state index contributed by atoms with van der Waals surface area (Å²) in [5.41, 5.74) is 0.811. The molecule has 1 aromatic rings. The molecule has 1 unspecified atom stereocenters. The largest absolute Gasteiger partial charge is 0.395 e. The minimum absolute atomic E-state index is 0.0126. The van der Waals surface area contributed by atoms with E-state index in [0.717, 1.165) is 5.56 Å². The summed E-state index contributed by atoms with van der Waals surface area (Å²) in [5, 5.41) is 11.7. The normalized spacial score (nSPS) is 22.6. The minimum Gasteiger partial charge on any atom is -0.395 e. The Kier molecular flexibility index (Phi) is 2.77. The fraction of sp³-hybridized carbons (Fsp3) is 0.400. The van der Waals surface area contributed by atoms with Gasteiger partial charge in [0.1, 0.15) is 0 Å². The first-order valence-electron chi connectivity index (χ1n) is 4.81. The SMILES string of the molecule is O=S1(=O)CC(NCCO)c2ccccc21. The van der Waals surface area contributed by atoms with Crippen molar-refractivity contribution >= 4 is 9.84 Å². The molecule has 1 aliphatic rings. The summed E-state index contributed by atoms with van der Waals surface area (Å²) in [4.78, 5) is 0.417. The number of hydrogen-bond acceptors (Lipinski definition) is 4. The van der Waals surface area contributed by atoms with Crippen molar-refractivity contribution in [3.63, 3.8) is 0 Å². The van der Waals surface area contributed by atoms with Crippen LogP contribution in [0.5, 0.6) is 0 Å². The molecule has 0 radical (unpaired) electrons. The smallest absolute Gasteiger partial charge is 0.180 e. The zero-order valence-electron chi connectivity index (χ0n) is 8.18. The van der Waals surface area contributed by atoms with Gasteiger partial charge in [-0.3, -0.25) is 0 Å². The van der Waals surface area contributed by atoms with Crippen LogP contribution < -0.4 is 5.32 Å². The van der Waals surface area contributed by atoms with Crippen molar-refractivity contribution in [2.24, 2.45) is 0 Å². The van der Waals surface area contributed by atoms with Crippen LogP contribution in [0, 0.1) is 0 Å². The van der Waals surface area contributed by atoms with Crippen molar-refractivity contribution in [2.45, 2.75) is 10.9 Å². The quantitative estimate of drug-likeness (QED) is 0.768. The molecule has 5 heteroatoms. The molecule has 1 atom stereocenters. The molecule has 0 amide bonds. The van der Waals surface area contributed by atoms with Gasteiger partial charge in [0.25, 0.3) is 0 Å². The molecule has 2 N–H and O–H groups in total. The van der Waals surface area contributed by atoms with Gasteiger partial charge in [0, 0.05) is 12.6 Å². The van der Waals surface area contributed by atoms with E-state index in [9.17, 15) is 8.42 Å². The molecule has 15 heavy (non-hydrogen) atoms. The van der Waals surface area contributed by atoms with Gasteiger partial charge in [0.05, 0.1) is 17.3 Å². The first-order valence-corrected chi connectivity index (χ1v) is 6.46. The maximum atomic E-state index is 11.7. The third kappa shape index (κ3) is 1.90. The Morgan fingerprint density at radius 2 is 2.13 bits per heavy atom. The second-order valence-corrected chi connectivity index (χ2v) is 5.55. The highest BCUT2D eigenvalue weighted by atomic mass is 32.2. The number of nitrogens with one attached hydrogen (secondary N) is 1. The topological polar surface area (TPSA) is 66.4 Å². The first-order chi connectivity index (χ1) is 7.15. The van der Waals surface area contributed by atoms with E-state index in [-0.39, 0.29) is 18.4 Å². The molecule has 0 aromatic heterocycles. The first kappa shape index (κ1) is 10.6. The maximum absolute atomic E-state index is 11.7. The molecule has 1 aromatic carbocycles. The van der Waals surface area contributed by atoms with E-state index in [1.807, 2.05) is 12.1 Å². The van der Waals surface area contributed by atoms with Gasteiger partial charge in [-0.1, -0.05) is 18.2 Å². The second-order valence-electron chi connectivity index (χ2n) is 3.55. The van der Waals surface area contributed by atoms with Gasteiger partial charge < -0.3 is 10.4 Å². The molecule has 1 aliphatic heterocycles. The lowest BCUT2D eigenvalue weighted by atomic mass is 10.1. The number of aliphatic hydroxyl groups is 1. The van der Waals surface area contributed by atoms with Crippen LogP contribution in [0.2, 0.25) is 0 Å². The van der Waals surface area contributed by atoms with Crippen LogP contribution >= 0.6 is 0 Å². The van der Waals surface area contributed by atoms with Crippen LogP contribution in [0.25, 0.3) is 0 Å². The zero-order chi connectivity index (χ0) is 10.9. The zero-order valence-corrected chi connectivity index (χ0v) is 9.00. The van der Waals surface area contributed by atoms with Gasteiger partial charge in [-0.2, -0.15) is 0 Å². The lowest BCUT2D eigenvalue weighted by molar-refractivity contribution is 0.286. The maximum Gasteiger partial charge on any atom is 0.180 e. The number of hydrogen-bond donors (Lipinski definition) is 2. The lowest BCUT2D eigenvalue weighted by Gasteiger charge is -2.10. The fourth-order valence-electron chi connectivity index (χ4n) is 1.86. The number of rotatable bonds is 3. The third-order valence-corrected chi connectivity index (χ3v) is 4.33. The Hall–Kier alpha value is -0.910. The minimum atomic E-state index is -3.13. The summed E-state index contributed by atoms with van der Waals surface area (Å²) in [5.74, 6) is 0.0896. The summed E-state index contributed by atoms with van der Waals surface area (Å²) in [7, 11) is -3.13. The standard InChI is InChI=1S/C10H13NO3S/c12-6-5-11-9-7-15(13,14)10-4-2-1-3-8(9)10/h1-4,9,11-12H,5-7H2. The van der Waals surface area contributed by atoms with Crippen molar-refractivity contribution in [1.29, 1.82) is 0 Å². The van der Waals surface area contributed by atoms with Crippen molar-refractivity contribution in [1.82, 2.24) is 5.32 Å². The van der Waals surface area contributed by atoms with Crippen LogP contribution in [-0.2, 0) is 9.84 Å². The summed E-state index contributed by atoms with van der Waals surface area (Å²) in [6.07, 6.45) is 0. The highest BCUT2D eigenvalue weighted by Crippen LogP contribution is 2.32. The number of fused-ring (bicyclic) bond motifs is 1. The van der Waals surface area contributed by atoms with Crippen molar-refractivity contribution < 1.29 is 13.5 Å². The summed E-state index contributed by atoms with van der Waals surface area (Å²) in [6.45, 7) is 0.424. The molecule has 0 fully saturated rings. The van der Waals surface area contributed by atoms with Gasteiger partial charge in [-0.25, -0.2) is 8.42 Å². The number of benzene rings is 1. The molecule has 82 valence electrons. The van der Waals surface area contributed by atoms with Crippen molar-refractivity contribution in [3.05, 3.63) is 29.8 Å². The highest BCUT2D eigenvalue weighted by molar-refractivity contribution is 7.91. The van der Waals surface area contributed by atoms with Gasteiger partial charge in [0.15, 0.2) is 9.84 Å². The lowest BCUT2D eigenvalue weighted by Crippen LogP contribution is -2.25. The van der Waals surface area contributed by atoms with Crippen LogP contribution in [0.1, 0.15) is 11.6 Å². The van der Waals surface area contributed by atoms with E-state index in [0.29, 0.717) is 11.4 Å². The molecular formula is C10H13NO3S. The summed E-state index contributed by atoms with van der Waals surface area (Å²) in [6, 6.07) is 6.82. The number of sulfone groups is 1. The molecule has 0 saturated carbocycles. The Morgan fingerprint density at radius 1 is 1.40 bits per heavy atom. The monoisotopic (exact) mass is 227 g/mol. The average molecular weight is 227 g/mol. The van der Waals surface area contributed by atoms with Gasteiger partial charge in [-0.15, -0.1) is 0 Å². The Balaban J connectivity index is 2.34. The molecule has 0 spiro atoms. The molecule has 1 heterocycles. The highest BCUT2D eigenvalue weighted by Gasteiger charge is 2.33. The van der Waals surface area contributed by atoms with E-state index >= 15 is 0 Å². The van der Waals surface area contributed by atoms with Crippen LogP contribution in [-0.4, -0.2) is 32.4 Å². The third-order valence-electron chi connectivity index (χ3n) is 2.52. The van der Waals surface area contributed by atoms with E-state index in [4.69, 9.17) is 5.11 Å². The van der Waals surface area contributed by atoms with E-state index in [1.54, 1.807) is 12.1 Å². The second kappa shape index (κ2) is 3.92. The fourth-order valence-corrected chi connectivity index (χ4v) is 3.63. The Labute approximate surface area is 88.9 Å². The molecule has 4 nitrogen and oxygen atoms in total. The molecule has 0 aliphatic carbocycles. The van der Waals surface area contributed by atoms with Gasteiger partial charge in [0.2, 0.25) is 0 Å². The molecular weight excluding hydrogens is 214 g/mol. The van der Waals surface area contributed by atoms with E-state index < -0.39 is 9.84 Å². The molecule has 0 bridgehead atoms. The predicted molar refractivity (Wildman–Crippen MR) is 56.3 cm³/mol. The van der Waals surface area contributed by atoms with E-state index in [1.165, 1.54) is 0 Å². The molecule has 0 saturated heterocycles. The number of aliphatic hydroxyl groups excluding tert-OH is 1. The van der Waals surface area contributed by atoms with Gasteiger partial charge in [-0.05, 0) is 11.6 Å².